The SMILES string of the molecule is CCOCN(COCC)c1ccc(CCC2CO2)cc1. The van der Waals surface area contributed by atoms with Crippen LogP contribution in [0.3, 0.4) is 0 Å². The Labute approximate surface area is 121 Å². The van der Waals surface area contributed by atoms with Crippen LogP contribution in [-0.2, 0) is 20.6 Å². The van der Waals surface area contributed by atoms with Gasteiger partial charge >= 0.3 is 0 Å². The molecule has 1 aliphatic rings. The minimum atomic E-state index is 0.502. The molecule has 1 fully saturated rings. The molecule has 1 aromatic rings. The molecule has 2 rings (SSSR count). The Bertz CT molecular complexity index is 368. The van der Waals surface area contributed by atoms with Crippen LogP contribution in [0.4, 0.5) is 5.69 Å². The van der Waals surface area contributed by atoms with Crippen LogP contribution in [0.5, 0.6) is 0 Å². The third-order valence-electron chi connectivity index (χ3n) is 3.36. The van der Waals surface area contributed by atoms with Gasteiger partial charge in [-0.2, -0.15) is 0 Å². The van der Waals surface area contributed by atoms with Crippen molar-refractivity contribution >= 4 is 5.69 Å². The van der Waals surface area contributed by atoms with Gasteiger partial charge in [0.2, 0.25) is 0 Å². The molecule has 0 saturated carbocycles. The summed E-state index contributed by atoms with van der Waals surface area (Å²) >= 11 is 0. The van der Waals surface area contributed by atoms with Crippen molar-refractivity contribution < 1.29 is 14.2 Å². The third-order valence-corrected chi connectivity index (χ3v) is 3.36. The van der Waals surface area contributed by atoms with Gasteiger partial charge in [0.1, 0.15) is 13.5 Å². The molecule has 0 bridgehead atoms. The highest BCUT2D eigenvalue weighted by Gasteiger charge is 2.21. The van der Waals surface area contributed by atoms with Crippen LogP contribution in [0.15, 0.2) is 24.3 Å². The highest BCUT2D eigenvalue weighted by atomic mass is 16.6. The highest BCUT2D eigenvalue weighted by molar-refractivity contribution is 5.47. The zero-order valence-corrected chi connectivity index (χ0v) is 12.5. The molecule has 0 amide bonds. The molecule has 1 heterocycles. The van der Waals surface area contributed by atoms with Crippen molar-refractivity contribution in [2.24, 2.45) is 0 Å². The molecule has 1 atom stereocenters. The number of epoxide rings is 1. The molecule has 112 valence electrons. The van der Waals surface area contributed by atoms with Crippen molar-refractivity contribution in [3.63, 3.8) is 0 Å². The summed E-state index contributed by atoms with van der Waals surface area (Å²) in [6, 6.07) is 8.65. The summed E-state index contributed by atoms with van der Waals surface area (Å²) in [6.45, 7) is 7.49. The lowest BCUT2D eigenvalue weighted by Crippen LogP contribution is -2.29. The van der Waals surface area contributed by atoms with Crippen molar-refractivity contribution in [2.75, 3.05) is 38.2 Å². The van der Waals surface area contributed by atoms with Crippen molar-refractivity contribution in [3.05, 3.63) is 29.8 Å². The van der Waals surface area contributed by atoms with Crippen molar-refractivity contribution in [3.8, 4) is 0 Å². The van der Waals surface area contributed by atoms with E-state index in [-0.39, 0.29) is 0 Å². The number of aryl methyl sites for hydroxylation is 1. The van der Waals surface area contributed by atoms with Gasteiger partial charge in [0.05, 0.1) is 12.7 Å². The van der Waals surface area contributed by atoms with Gasteiger partial charge < -0.3 is 19.1 Å². The second-order valence-corrected chi connectivity index (χ2v) is 4.94. The summed E-state index contributed by atoms with van der Waals surface area (Å²) in [5, 5.41) is 0. The van der Waals surface area contributed by atoms with E-state index in [2.05, 4.69) is 29.2 Å². The van der Waals surface area contributed by atoms with E-state index >= 15 is 0 Å². The van der Waals surface area contributed by atoms with E-state index in [1.165, 1.54) is 5.56 Å². The molecule has 20 heavy (non-hydrogen) atoms. The molecular weight excluding hydrogens is 254 g/mol. The second-order valence-electron chi connectivity index (χ2n) is 4.94. The summed E-state index contributed by atoms with van der Waals surface area (Å²) in [5.41, 5.74) is 2.50. The molecule has 1 unspecified atom stereocenters. The standard InChI is InChI=1S/C16H25NO3/c1-3-18-12-17(13-19-4-2)15-8-5-14(6-9-15)7-10-16-11-20-16/h5-6,8-9,16H,3-4,7,10-13H2,1-2H3. The van der Waals surface area contributed by atoms with Gasteiger partial charge in [-0.25, -0.2) is 0 Å². The molecule has 0 aliphatic carbocycles. The zero-order chi connectivity index (χ0) is 14.2. The van der Waals surface area contributed by atoms with Crippen LogP contribution in [0.1, 0.15) is 25.8 Å². The molecule has 0 radical (unpaired) electrons. The van der Waals surface area contributed by atoms with E-state index in [1.807, 2.05) is 13.8 Å². The topological polar surface area (TPSA) is 34.2 Å². The van der Waals surface area contributed by atoms with Gasteiger partial charge in [-0.15, -0.1) is 0 Å². The number of anilines is 1. The maximum Gasteiger partial charge on any atom is 0.120 e. The van der Waals surface area contributed by atoms with E-state index < -0.39 is 0 Å². The Balaban J connectivity index is 1.88. The fourth-order valence-electron chi connectivity index (χ4n) is 2.03. The number of hydrogen-bond acceptors (Lipinski definition) is 4. The van der Waals surface area contributed by atoms with Gasteiger partial charge in [0, 0.05) is 18.9 Å². The van der Waals surface area contributed by atoms with Gasteiger partial charge in [-0.1, -0.05) is 12.1 Å². The number of hydrogen-bond donors (Lipinski definition) is 0. The number of nitrogens with zero attached hydrogens (tertiary/aromatic N) is 1. The normalized spacial score (nSPS) is 17.2. The van der Waals surface area contributed by atoms with E-state index in [1.54, 1.807) is 0 Å². The Hall–Kier alpha value is -1.10. The van der Waals surface area contributed by atoms with Crippen LogP contribution in [0, 0.1) is 0 Å². The summed E-state index contributed by atoms with van der Waals surface area (Å²) in [4.78, 5) is 2.10. The molecule has 1 aliphatic heterocycles. The average Bonchev–Trinajstić information content (AvgIpc) is 3.30. The summed E-state index contributed by atoms with van der Waals surface area (Å²) in [6.07, 6.45) is 2.71. The Morgan fingerprint density at radius 2 is 1.70 bits per heavy atom. The molecule has 0 N–H and O–H groups in total. The quantitative estimate of drug-likeness (QED) is 0.487. The number of benzene rings is 1. The molecule has 4 heteroatoms. The molecule has 1 aromatic carbocycles. The van der Waals surface area contributed by atoms with Crippen molar-refractivity contribution in [1.82, 2.24) is 0 Å². The van der Waals surface area contributed by atoms with Gasteiger partial charge in [-0.3, -0.25) is 0 Å². The van der Waals surface area contributed by atoms with Crippen LogP contribution in [-0.4, -0.2) is 39.4 Å². The summed E-state index contributed by atoms with van der Waals surface area (Å²) in [5.74, 6) is 0. The third kappa shape index (κ3) is 5.12. The zero-order valence-electron chi connectivity index (χ0n) is 12.5. The average molecular weight is 279 g/mol. The van der Waals surface area contributed by atoms with Crippen LogP contribution in [0.2, 0.25) is 0 Å². The monoisotopic (exact) mass is 279 g/mol. The molecule has 4 nitrogen and oxygen atoms in total. The van der Waals surface area contributed by atoms with Gasteiger partial charge in [0.25, 0.3) is 0 Å². The predicted molar refractivity (Wildman–Crippen MR) is 80.0 cm³/mol. The Morgan fingerprint density at radius 3 is 2.20 bits per heavy atom. The van der Waals surface area contributed by atoms with Crippen LogP contribution >= 0.6 is 0 Å². The smallest absolute Gasteiger partial charge is 0.120 e. The van der Waals surface area contributed by atoms with Gasteiger partial charge in [0.15, 0.2) is 0 Å². The minimum Gasteiger partial charge on any atom is -0.373 e. The first kappa shape index (κ1) is 15.3. The molecular formula is C16H25NO3. The number of ether oxygens (including phenoxy) is 3. The lowest BCUT2D eigenvalue weighted by molar-refractivity contribution is 0.0960. The lowest BCUT2D eigenvalue weighted by atomic mass is 10.1. The fourth-order valence-corrected chi connectivity index (χ4v) is 2.03. The summed E-state index contributed by atoms with van der Waals surface area (Å²) in [7, 11) is 0. The van der Waals surface area contributed by atoms with E-state index in [0.29, 0.717) is 32.8 Å². The molecule has 1 saturated heterocycles. The minimum absolute atomic E-state index is 0.502. The van der Waals surface area contributed by atoms with E-state index in [4.69, 9.17) is 14.2 Å². The fraction of sp³-hybridized carbons (Fsp3) is 0.625. The summed E-state index contributed by atoms with van der Waals surface area (Å²) < 4.78 is 16.2. The lowest BCUT2D eigenvalue weighted by Gasteiger charge is -2.24. The Morgan fingerprint density at radius 1 is 1.10 bits per heavy atom. The second kappa shape index (κ2) is 8.25. The van der Waals surface area contributed by atoms with E-state index in [0.717, 1.165) is 25.1 Å². The first-order valence-electron chi connectivity index (χ1n) is 7.44. The van der Waals surface area contributed by atoms with Crippen molar-refractivity contribution in [2.45, 2.75) is 32.8 Å². The maximum atomic E-state index is 5.49. The highest BCUT2D eigenvalue weighted by Crippen LogP contribution is 2.19. The largest absolute Gasteiger partial charge is 0.373 e. The maximum absolute atomic E-state index is 5.49. The van der Waals surface area contributed by atoms with E-state index in [9.17, 15) is 0 Å². The van der Waals surface area contributed by atoms with Crippen LogP contribution < -0.4 is 4.90 Å². The van der Waals surface area contributed by atoms with Gasteiger partial charge in [-0.05, 0) is 44.4 Å². The van der Waals surface area contributed by atoms with Crippen LogP contribution in [0.25, 0.3) is 0 Å². The molecule has 0 aromatic heterocycles. The predicted octanol–water partition coefficient (Wildman–Crippen LogP) is 2.81. The Kier molecular flexibility index (Phi) is 6.30. The first-order chi connectivity index (χ1) is 9.83. The molecule has 0 spiro atoms. The van der Waals surface area contributed by atoms with Crippen molar-refractivity contribution in [1.29, 1.82) is 0 Å². The number of rotatable bonds is 10. The first-order valence-corrected chi connectivity index (χ1v) is 7.44.